The molecule has 0 unspecified atom stereocenters. The number of nitrogens with two attached hydrogens (primary N) is 1. The van der Waals surface area contributed by atoms with Gasteiger partial charge in [0.25, 0.3) is 0 Å². The molecule has 0 saturated carbocycles. The summed E-state index contributed by atoms with van der Waals surface area (Å²) in [6.07, 6.45) is 0. The Kier molecular flexibility index (Phi) is 3.49. The number of aromatic nitrogens is 1. The summed E-state index contributed by atoms with van der Waals surface area (Å²) in [6.45, 7) is 10.3. The van der Waals surface area contributed by atoms with Gasteiger partial charge >= 0.3 is 0 Å². The molecule has 2 rings (SSSR count). The fourth-order valence-electron chi connectivity index (χ4n) is 2.61. The van der Waals surface area contributed by atoms with Crippen molar-refractivity contribution in [1.29, 1.82) is 5.41 Å². The molecule has 1 aromatic heterocycles. The predicted molar refractivity (Wildman–Crippen MR) is 77.0 cm³/mol. The molecule has 1 saturated heterocycles. The van der Waals surface area contributed by atoms with E-state index < -0.39 is 0 Å². The fourth-order valence-corrected chi connectivity index (χ4v) is 2.61. The van der Waals surface area contributed by atoms with Crippen LogP contribution in [0, 0.1) is 19.3 Å². The Bertz CT molecular complexity index is 510. The van der Waals surface area contributed by atoms with Crippen LogP contribution >= 0.6 is 0 Å². The number of nitrogens with one attached hydrogen (secondary N) is 1. The Morgan fingerprint density at radius 2 is 2.16 bits per heavy atom. The van der Waals surface area contributed by atoms with Crippen LogP contribution in [0.15, 0.2) is 6.07 Å². The molecule has 0 spiro atoms. The lowest BCUT2D eigenvalue weighted by atomic mass is 10.0. The maximum Gasteiger partial charge on any atom is 0.126 e. The molecule has 0 atom stereocenters. The maximum absolute atomic E-state index is 7.78. The number of hydrogen-bond acceptors (Lipinski definition) is 4. The van der Waals surface area contributed by atoms with Crippen molar-refractivity contribution >= 4 is 11.5 Å². The normalized spacial score (nSPS) is 18.4. The molecule has 0 bridgehead atoms. The number of rotatable bonds is 2. The topological polar surface area (TPSA) is 75.2 Å². The Morgan fingerprint density at radius 3 is 2.74 bits per heavy atom. The predicted octanol–water partition coefficient (Wildman–Crippen LogP) is 1.60. The van der Waals surface area contributed by atoms with E-state index in [2.05, 4.69) is 23.7 Å². The SMILES string of the molecule is Cc1cc(N2CCOC(C)(C)C2)c(C(=N)N)c(C)n1. The molecule has 104 valence electrons. The fraction of sp³-hybridized carbons (Fsp3) is 0.571. The zero-order valence-corrected chi connectivity index (χ0v) is 12.1. The van der Waals surface area contributed by atoms with Crippen molar-refractivity contribution < 1.29 is 4.74 Å². The number of pyridine rings is 1. The Hall–Kier alpha value is -1.62. The van der Waals surface area contributed by atoms with Crippen molar-refractivity contribution in [2.24, 2.45) is 5.73 Å². The standard InChI is InChI=1S/C14H22N4O/c1-9-7-11(12(13(15)16)10(2)17-9)18-5-6-19-14(3,4)8-18/h7H,5-6,8H2,1-4H3,(H3,15,16). The third-order valence-electron chi connectivity index (χ3n) is 3.34. The van der Waals surface area contributed by atoms with E-state index in [9.17, 15) is 0 Å². The lowest BCUT2D eigenvalue weighted by Crippen LogP contribution is -2.49. The number of nitrogen functional groups attached to an aromatic ring is 1. The van der Waals surface area contributed by atoms with Crippen LogP contribution in [0.25, 0.3) is 0 Å². The van der Waals surface area contributed by atoms with E-state index in [1.807, 2.05) is 19.9 Å². The second kappa shape index (κ2) is 4.81. The molecule has 1 aromatic rings. The first-order valence-electron chi connectivity index (χ1n) is 6.52. The lowest BCUT2D eigenvalue weighted by Gasteiger charge is -2.40. The zero-order chi connectivity index (χ0) is 14.2. The van der Waals surface area contributed by atoms with Gasteiger partial charge in [-0.2, -0.15) is 0 Å². The van der Waals surface area contributed by atoms with Gasteiger partial charge in [0.1, 0.15) is 5.84 Å². The molecule has 3 N–H and O–H groups in total. The molecule has 0 radical (unpaired) electrons. The summed E-state index contributed by atoms with van der Waals surface area (Å²) < 4.78 is 5.74. The maximum atomic E-state index is 7.78. The Balaban J connectivity index is 2.46. The quantitative estimate of drug-likeness (QED) is 0.627. The minimum absolute atomic E-state index is 0.0734. The van der Waals surface area contributed by atoms with E-state index >= 15 is 0 Å². The Morgan fingerprint density at radius 1 is 1.47 bits per heavy atom. The van der Waals surface area contributed by atoms with E-state index in [1.165, 1.54) is 0 Å². The van der Waals surface area contributed by atoms with E-state index in [4.69, 9.17) is 15.9 Å². The minimum atomic E-state index is -0.183. The van der Waals surface area contributed by atoms with E-state index in [-0.39, 0.29) is 11.4 Å². The summed E-state index contributed by atoms with van der Waals surface area (Å²) in [4.78, 5) is 6.65. The number of morpholine rings is 1. The van der Waals surface area contributed by atoms with Gasteiger partial charge in [0, 0.05) is 18.8 Å². The number of nitrogens with zero attached hydrogens (tertiary/aromatic N) is 2. The molecular formula is C14H22N4O. The smallest absolute Gasteiger partial charge is 0.126 e. The second-order valence-corrected chi connectivity index (χ2v) is 5.69. The highest BCUT2D eigenvalue weighted by atomic mass is 16.5. The third-order valence-corrected chi connectivity index (χ3v) is 3.34. The van der Waals surface area contributed by atoms with Crippen molar-refractivity contribution in [3.63, 3.8) is 0 Å². The molecule has 1 fully saturated rings. The first kappa shape index (κ1) is 13.8. The second-order valence-electron chi connectivity index (χ2n) is 5.69. The van der Waals surface area contributed by atoms with Gasteiger partial charge in [0.15, 0.2) is 0 Å². The molecule has 0 amide bonds. The van der Waals surface area contributed by atoms with Crippen LogP contribution in [0.1, 0.15) is 30.8 Å². The van der Waals surface area contributed by atoms with Crippen LogP contribution in [0.2, 0.25) is 0 Å². The first-order valence-corrected chi connectivity index (χ1v) is 6.52. The number of anilines is 1. The monoisotopic (exact) mass is 262 g/mol. The highest BCUT2D eigenvalue weighted by molar-refractivity contribution is 6.01. The number of ether oxygens (including phenoxy) is 1. The number of aryl methyl sites for hydroxylation is 2. The van der Waals surface area contributed by atoms with Crippen molar-refractivity contribution in [2.45, 2.75) is 33.3 Å². The summed E-state index contributed by atoms with van der Waals surface area (Å²) in [7, 11) is 0. The van der Waals surface area contributed by atoms with Gasteiger partial charge < -0.3 is 15.4 Å². The van der Waals surface area contributed by atoms with Crippen molar-refractivity contribution in [3.8, 4) is 0 Å². The molecule has 2 heterocycles. The van der Waals surface area contributed by atoms with Gasteiger partial charge in [-0.15, -0.1) is 0 Å². The summed E-state index contributed by atoms with van der Waals surface area (Å²) in [5.41, 5.74) is 9.03. The average Bonchev–Trinajstić information content (AvgIpc) is 2.25. The first-order chi connectivity index (χ1) is 8.80. The van der Waals surface area contributed by atoms with Crippen LogP contribution in [-0.4, -0.2) is 36.1 Å². The Labute approximate surface area is 114 Å². The van der Waals surface area contributed by atoms with Gasteiger partial charge in [-0.3, -0.25) is 10.4 Å². The highest BCUT2D eigenvalue weighted by Gasteiger charge is 2.29. The molecule has 19 heavy (non-hydrogen) atoms. The third kappa shape index (κ3) is 2.87. The summed E-state index contributed by atoms with van der Waals surface area (Å²) >= 11 is 0. The van der Waals surface area contributed by atoms with Gasteiger partial charge in [0.2, 0.25) is 0 Å². The zero-order valence-electron chi connectivity index (χ0n) is 12.1. The molecule has 5 heteroatoms. The van der Waals surface area contributed by atoms with Crippen LogP contribution in [0.5, 0.6) is 0 Å². The summed E-state index contributed by atoms with van der Waals surface area (Å²) in [5, 5.41) is 7.78. The van der Waals surface area contributed by atoms with Crippen LogP contribution in [0.4, 0.5) is 5.69 Å². The van der Waals surface area contributed by atoms with Crippen LogP contribution in [-0.2, 0) is 4.74 Å². The van der Waals surface area contributed by atoms with Crippen molar-refractivity contribution in [1.82, 2.24) is 4.98 Å². The summed E-state index contributed by atoms with van der Waals surface area (Å²) in [6, 6.07) is 2.01. The molecule has 5 nitrogen and oxygen atoms in total. The van der Waals surface area contributed by atoms with E-state index in [0.717, 1.165) is 35.7 Å². The average molecular weight is 262 g/mol. The van der Waals surface area contributed by atoms with Gasteiger partial charge in [-0.05, 0) is 33.8 Å². The van der Waals surface area contributed by atoms with E-state index in [0.29, 0.717) is 6.61 Å². The van der Waals surface area contributed by atoms with Crippen molar-refractivity contribution in [3.05, 3.63) is 23.0 Å². The largest absolute Gasteiger partial charge is 0.384 e. The highest BCUT2D eigenvalue weighted by Crippen LogP contribution is 2.28. The van der Waals surface area contributed by atoms with Crippen LogP contribution < -0.4 is 10.6 Å². The van der Waals surface area contributed by atoms with Gasteiger partial charge in [-0.25, -0.2) is 0 Å². The molecular weight excluding hydrogens is 240 g/mol. The van der Waals surface area contributed by atoms with Gasteiger partial charge in [-0.1, -0.05) is 0 Å². The molecule has 1 aliphatic heterocycles. The molecule has 1 aliphatic rings. The number of hydrogen-bond donors (Lipinski definition) is 2. The minimum Gasteiger partial charge on any atom is -0.384 e. The number of amidine groups is 1. The van der Waals surface area contributed by atoms with Gasteiger partial charge in [0.05, 0.1) is 29.2 Å². The summed E-state index contributed by atoms with van der Waals surface area (Å²) in [5.74, 6) is 0.0734. The van der Waals surface area contributed by atoms with Crippen LogP contribution in [0.3, 0.4) is 0 Å². The lowest BCUT2D eigenvalue weighted by molar-refractivity contribution is -0.0277. The van der Waals surface area contributed by atoms with E-state index in [1.54, 1.807) is 0 Å². The molecule has 0 aliphatic carbocycles. The molecule has 0 aromatic carbocycles. The van der Waals surface area contributed by atoms with Crippen molar-refractivity contribution in [2.75, 3.05) is 24.6 Å².